The van der Waals surface area contributed by atoms with Gasteiger partial charge in [-0.15, -0.1) is 10.2 Å². The fourth-order valence-corrected chi connectivity index (χ4v) is 3.09. The van der Waals surface area contributed by atoms with Crippen molar-refractivity contribution < 1.29 is 4.79 Å². The van der Waals surface area contributed by atoms with E-state index in [9.17, 15) is 4.79 Å². The Bertz CT molecular complexity index is 1130. The lowest BCUT2D eigenvalue weighted by Crippen LogP contribution is -2.12. The van der Waals surface area contributed by atoms with E-state index in [4.69, 9.17) is 0 Å². The lowest BCUT2D eigenvalue weighted by atomic mass is 10.0. The Kier molecular flexibility index (Phi) is 4.65. The maximum absolute atomic E-state index is 12.5. The van der Waals surface area contributed by atoms with Crippen LogP contribution in [-0.2, 0) is 0 Å². The van der Waals surface area contributed by atoms with Gasteiger partial charge >= 0.3 is 0 Å². The third-order valence-electron chi connectivity index (χ3n) is 4.80. The fraction of sp³-hybridized carbons (Fsp3) is 0.174. The third kappa shape index (κ3) is 3.51. The van der Waals surface area contributed by atoms with E-state index >= 15 is 0 Å². The van der Waals surface area contributed by atoms with Crippen LogP contribution in [0.5, 0.6) is 0 Å². The Labute approximate surface area is 164 Å². The van der Waals surface area contributed by atoms with Gasteiger partial charge in [-0.25, -0.2) is 0 Å². The van der Waals surface area contributed by atoms with Crippen molar-refractivity contribution in [2.24, 2.45) is 0 Å². The molecule has 0 atom stereocenters. The summed E-state index contributed by atoms with van der Waals surface area (Å²) in [5.41, 5.74) is 6.03. The number of hydrogen-bond donors (Lipinski definition) is 1. The van der Waals surface area contributed by atoms with E-state index in [-0.39, 0.29) is 5.91 Å². The van der Waals surface area contributed by atoms with Gasteiger partial charge in [-0.05, 0) is 60.4 Å². The van der Waals surface area contributed by atoms with E-state index in [1.807, 2.05) is 49.4 Å². The monoisotopic (exact) mass is 370 g/mol. The van der Waals surface area contributed by atoms with Crippen LogP contribution in [-0.4, -0.2) is 20.9 Å². The van der Waals surface area contributed by atoms with Crippen molar-refractivity contribution in [2.45, 2.75) is 26.7 Å². The molecule has 1 heterocycles. The van der Waals surface area contributed by atoms with Crippen LogP contribution in [0.2, 0.25) is 0 Å². The quantitative estimate of drug-likeness (QED) is 0.543. The van der Waals surface area contributed by atoms with E-state index in [2.05, 4.69) is 41.5 Å². The molecule has 28 heavy (non-hydrogen) atoms. The van der Waals surface area contributed by atoms with E-state index in [0.717, 1.165) is 28.0 Å². The van der Waals surface area contributed by atoms with Gasteiger partial charge in [-0.1, -0.05) is 44.2 Å². The number of anilines is 1. The van der Waals surface area contributed by atoms with E-state index in [0.29, 0.717) is 11.5 Å². The Morgan fingerprint density at radius 1 is 0.929 bits per heavy atom. The zero-order valence-electron chi connectivity index (χ0n) is 16.2. The number of nitrogens with one attached hydrogen (secondary N) is 1. The average molecular weight is 370 g/mol. The molecule has 5 heteroatoms. The van der Waals surface area contributed by atoms with Crippen molar-refractivity contribution in [2.75, 3.05) is 5.32 Å². The highest BCUT2D eigenvalue weighted by atomic mass is 16.1. The number of hydrogen-bond acceptors (Lipinski definition) is 3. The molecule has 140 valence electrons. The molecule has 0 saturated heterocycles. The normalized spacial score (nSPS) is 11.1. The summed E-state index contributed by atoms with van der Waals surface area (Å²) in [6.45, 7) is 6.30. The molecule has 0 aliphatic carbocycles. The largest absolute Gasteiger partial charge is 0.322 e. The Balaban J connectivity index is 1.64. The Hall–Kier alpha value is -3.47. The van der Waals surface area contributed by atoms with Gasteiger partial charge in [0.05, 0.1) is 5.69 Å². The second kappa shape index (κ2) is 7.27. The minimum atomic E-state index is -0.139. The topological polar surface area (TPSA) is 59.8 Å². The number of amides is 1. The predicted octanol–water partition coefficient (Wildman–Crippen LogP) is 5.10. The van der Waals surface area contributed by atoms with Crippen molar-refractivity contribution in [1.82, 2.24) is 15.0 Å². The summed E-state index contributed by atoms with van der Waals surface area (Å²) in [7, 11) is 0. The first-order chi connectivity index (χ1) is 13.5. The fourth-order valence-electron chi connectivity index (χ4n) is 3.09. The Morgan fingerprint density at radius 2 is 1.57 bits per heavy atom. The van der Waals surface area contributed by atoms with Crippen LogP contribution in [0.3, 0.4) is 0 Å². The maximum Gasteiger partial charge on any atom is 0.255 e. The smallest absolute Gasteiger partial charge is 0.255 e. The van der Waals surface area contributed by atoms with E-state index < -0.39 is 0 Å². The van der Waals surface area contributed by atoms with Gasteiger partial charge in [0.25, 0.3) is 5.91 Å². The van der Waals surface area contributed by atoms with Crippen molar-refractivity contribution in [3.8, 4) is 5.69 Å². The Morgan fingerprint density at radius 3 is 2.21 bits per heavy atom. The highest BCUT2D eigenvalue weighted by Crippen LogP contribution is 2.23. The van der Waals surface area contributed by atoms with Crippen molar-refractivity contribution in [1.29, 1.82) is 0 Å². The number of carbonyl (C=O) groups is 1. The van der Waals surface area contributed by atoms with Crippen LogP contribution in [0.1, 0.15) is 41.3 Å². The first-order valence-corrected chi connectivity index (χ1v) is 9.36. The molecule has 4 rings (SSSR count). The van der Waals surface area contributed by atoms with Crippen LogP contribution in [0.15, 0.2) is 66.7 Å². The molecule has 0 radical (unpaired) electrons. The molecule has 1 amide bonds. The second-order valence-corrected chi connectivity index (χ2v) is 7.21. The molecule has 4 aromatic rings. The van der Waals surface area contributed by atoms with Crippen LogP contribution < -0.4 is 5.32 Å². The zero-order chi connectivity index (χ0) is 19.7. The van der Waals surface area contributed by atoms with E-state index in [1.54, 1.807) is 16.9 Å². The zero-order valence-corrected chi connectivity index (χ0v) is 16.2. The van der Waals surface area contributed by atoms with Gasteiger partial charge in [0, 0.05) is 11.3 Å². The summed E-state index contributed by atoms with van der Waals surface area (Å²) in [5.74, 6) is 0.344. The van der Waals surface area contributed by atoms with Gasteiger partial charge < -0.3 is 5.32 Å². The van der Waals surface area contributed by atoms with Gasteiger partial charge in [0.15, 0.2) is 0 Å². The van der Waals surface area contributed by atoms with Gasteiger partial charge in [0.2, 0.25) is 0 Å². The number of benzene rings is 3. The molecular formula is C23H22N4O. The number of aromatic nitrogens is 3. The van der Waals surface area contributed by atoms with E-state index in [1.165, 1.54) is 5.56 Å². The lowest BCUT2D eigenvalue weighted by Gasteiger charge is -2.08. The number of fused-ring (bicyclic) bond motifs is 1. The van der Waals surface area contributed by atoms with Gasteiger partial charge in [-0.3, -0.25) is 4.79 Å². The summed E-state index contributed by atoms with van der Waals surface area (Å²) in [6, 6.07) is 21.2. The molecule has 0 aliphatic heterocycles. The van der Waals surface area contributed by atoms with Crippen molar-refractivity contribution in [3.05, 3.63) is 83.4 Å². The van der Waals surface area contributed by atoms with Gasteiger partial charge in [-0.2, -0.15) is 4.80 Å². The number of nitrogens with zero attached hydrogens (tertiary/aromatic N) is 3. The lowest BCUT2D eigenvalue weighted by molar-refractivity contribution is 0.102. The minimum absolute atomic E-state index is 0.139. The highest BCUT2D eigenvalue weighted by molar-refractivity contribution is 6.05. The maximum atomic E-state index is 12.5. The predicted molar refractivity (Wildman–Crippen MR) is 112 cm³/mol. The summed E-state index contributed by atoms with van der Waals surface area (Å²) in [5, 5.41) is 12.2. The summed E-state index contributed by atoms with van der Waals surface area (Å²) in [6.07, 6.45) is 0. The summed E-state index contributed by atoms with van der Waals surface area (Å²) >= 11 is 0. The minimum Gasteiger partial charge on any atom is -0.322 e. The molecule has 0 fully saturated rings. The third-order valence-corrected chi connectivity index (χ3v) is 4.80. The highest BCUT2D eigenvalue weighted by Gasteiger charge is 2.12. The number of aryl methyl sites for hydroxylation is 1. The summed E-state index contributed by atoms with van der Waals surface area (Å²) < 4.78 is 0. The van der Waals surface area contributed by atoms with Crippen LogP contribution in [0, 0.1) is 6.92 Å². The number of carbonyl (C=O) groups excluding carboxylic acids is 1. The first-order valence-electron chi connectivity index (χ1n) is 9.36. The SMILES string of the molecule is Cc1cc2nn(-c3ccc(C(C)C)cc3)nc2cc1NC(=O)c1ccccc1. The van der Waals surface area contributed by atoms with Crippen LogP contribution >= 0.6 is 0 Å². The average Bonchev–Trinajstić information content (AvgIpc) is 3.11. The summed E-state index contributed by atoms with van der Waals surface area (Å²) in [4.78, 5) is 14.1. The molecule has 5 nitrogen and oxygen atoms in total. The van der Waals surface area contributed by atoms with Gasteiger partial charge in [0.1, 0.15) is 11.0 Å². The molecule has 0 spiro atoms. The van der Waals surface area contributed by atoms with Crippen molar-refractivity contribution >= 4 is 22.6 Å². The molecule has 1 N–H and O–H groups in total. The van der Waals surface area contributed by atoms with Crippen LogP contribution in [0.4, 0.5) is 5.69 Å². The molecule has 0 bridgehead atoms. The number of rotatable bonds is 4. The molecule has 1 aromatic heterocycles. The molecule has 0 aliphatic rings. The van der Waals surface area contributed by atoms with Crippen molar-refractivity contribution in [3.63, 3.8) is 0 Å². The molecule has 0 unspecified atom stereocenters. The molecular weight excluding hydrogens is 348 g/mol. The standard InChI is InChI=1S/C23H22N4O/c1-15(2)17-9-11-19(12-10-17)27-25-21-13-16(3)20(14-22(21)26-27)24-23(28)18-7-5-4-6-8-18/h4-15H,1-3H3,(H,24,28). The van der Waals surface area contributed by atoms with Crippen LogP contribution in [0.25, 0.3) is 16.7 Å². The second-order valence-electron chi connectivity index (χ2n) is 7.21. The molecule has 3 aromatic carbocycles. The molecule has 0 saturated carbocycles. The first kappa shape index (κ1) is 17.9.